The number of rotatable bonds is 10. The number of methoxy groups -OCH3 is 1. The van der Waals surface area contributed by atoms with E-state index in [1.807, 2.05) is 42.1 Å². The van der Waals surface area contributed by atoms with E-state index in [1.165, 1.54) is 0 Å². The van der Waals surface area contributed by atoms with Gasteiger partial charge in [-0.25, -0.2) is 4.98 Å². The van der Waals surface area contributed by atoms with Gasteiger partial charge in [-0.3, -0.25) is 14.5 Å². The van der Waals surface area contributed by atoms with E-state index in [9.17, 15) is 4.79 Å². The summed E-state index contributed by atoms with van der Waals surface area (Å²) in [5.74, 6) is 0.477. The molecule has 1 fully saturated rings. The maximum atomic E-state index is 13.7. The lowest BCUT2D eigenvalue weighted by molar-refractivity contribution is 0.0808. The Balaban J connectivity index is 1.41. The monoisotopic (exact) mass is 561 g/mol. The molecule has 0 saturated carbocycles. The Morgan fingerprint density at radius 3 is 2.70 bits per heavy atom. The smallest absolute Gasteiger partial charge is 0.291 e. The molecule has 40 heavy (non-hydrogen) atoms. The molecule has 3 aromatic heterocycles. The highest BCUT2D eigenvalue weighted by Gasteiger charge is 2.21. The Kier molecular flexibility index (Phi) is 8.34. The van der Waals surface area contributed by atoms with Crippen LogP contribution < -0.4 is 15.4 Å². The van der Waals surface area contributed by atoms with E-state index in [0.717, 1.165) is 54.1 Å². The third kappa shape index (κ3) is 6.60. The van der Waals surface area contributed by atoms with Gasteiger partial charge in [0.15, 0.2) is 0 Å². The Labute approximate surface area is 236 Å². The summed E-state index contributed by atoms with van der Waals surface area (Å²) in [6.45, 7) is 11.7. The zero-order chi connectivity index (χ0) is 28.3. The standard InChI is InChI=1S/C29H39N7O3Si/c1-20-14-21(6-11-31-20)26-18-35(19-39-12-13-40(3,4)5)28(32-26)29(37)33-25-15-22-17-36(23-7-9-30-10-8-23)34-24(22)16-27(25)38-2/h6,11,14-18,23,30H,7-10,12-13,19H2,1-5H3,(H,33,37). The van der Waals surface area contributed by atoms with Crippen molar-refractivity contribution >= 4 is 30.6 Å². The van der Waals surface area contributed by atoms with Gasteiger partial charge in [-0.1, -0.05) is 19.6 Å². The van der Waals surface area contributed by atoms with E-state index in [1.54, 1.807) is 17.9 Å². The van der Waals surface area contributed by atoms with Crippen LogP contribution in [0.3, 0.4) is 0 Å². The number of nitrogens with one attached hydrogen (secondary N) is 2. The number of anilines is 1. The van der Waals surface area contributed by atoms with Crippen LogP contribution in [0.1, 0.15) is 35.2 Å². The molecule has 11 heteroatoms. The van der Waals surface area contributed by atoms with Crippen molar-refractivity contribution in [2.75, 3.05) is 32.1 Å². The Morgan fingerprint density at radius 2 is 1.98 bits per heavy atom. The predicted molar refractivity (Wildman–Crippen MR) is 160 cm³/mol. The number of pyridine rings is 1. The zero-order valence-electron chi connectivity index (χ0n) is 24.0. The topological polar surface area (TPSA) is 108 Å². The number of amides is 1. The van der Waals surface area contributed by atoms with Crippen LogP contribution in [0.25, 0.3) is 22.2 Å². The molecule has 0 spiro atoms. The zero-order valence-corrected chi connectivity index (χ0v) is 25.0. The molecule has 4 aromatic rings. The molecular weight excluding hydrogens is 522 g/mol. The van der Waals surface area contributed by atoms with Gasteiger partial charge >= 0.3 is 0 Å². The summed E-state index contributed by atoms with van der Waals surface area (Å²) in [4.78, 5) is 22.7. The molecule has 212 valence electrons. The lowest BCUT2D eigenvalue weighted by Gasteiger charge is -2.22. The van der Waals surface area contributed by atoms with E-state index in [2.05, 4.69) is 41.5 Å². The average molecular weight is 562 g/mol. The van der Waals surface area contributed by atoms with Crippen LogP contribution in [0.2, 0.25) is 25.7 Å². The second kappa shape index (κ2) is 11.9. The van der Waals surface area contributed by atoms with Gasteiger partial charge in [0.2, 0.25) is 5.82 Å². The minimum absolute atomic E-state index is 0.240. The molecule has 0 aliphatic carbocycles. The number of imidazole rings is 1. The summed E-state index contributed by atoms with van der Waals surface area (Å²) in [5, 5.41) is 12.2. The number of aryl methyl sites for hydroxylation is 1. The quantitative estimate of drug-likeness (QED) is 0.205. The Hall–Kier alpha value is -3.54. The van der Waals surface area contributed by atoms with Gasteiger partial charge < -0.3 is 24.7 Å². The number of hydrogen-bond acceptors (Lipinski definition) is 7. The van der Waals surface area contributed by atoms with Gasteiger partial charge in [-0.15, -0.1) is 0 Å². The number of aromatic nitrogens is 5. The minimum atomic E-state index is -1.24. The van der Waals surface area contributed by atoms with Gasteiger partial charge in [-0.05, 0) is 57.1 Å². The number of benzene rings is 1. The second-order valence-corrected chi connectivity index (χ2v) is 17.2. The van der Waals surface area contributed by atoms with Crippen molar-refractivity contribution < 1.29 is 14.3 Å². The van der Waals surface area contributed by atoms with E-state index < -0.39 is 8.07 Å². The lowest BCUT2D eigenvalue weighted by Crippen LogP contribution is -2.29. The van der Waals surface area contributed by atoms with Crippen molar-refractivity contribution in [3.05, 3.63) is 54.4 Å². The number of nitrogens with zero attached hydrogens (tertiary/aromatic N) is 5. The minimum Gasteiger partial charge on any atom is -0.494 e. The summed E-state index contributed by atoms with van der Waals surface area (Å²) in [5.41, 5.74) is 3.87. The van der Waals surface area contributed by atoms with Gasteiger partial charge in [0, 0.05) is 56.0 Å². The molecule has 1 aromatic carbocycles. The fourth-order valence-electron chi connectivity index (χ4n) is 4.86. The van der Waals surface area contributed by atoms with Crippen molar-refractivity contribution in [1.82, 2.24) is 29.6 Å². The highest BCUT2D eigenvalue weighted by molar-refractivity contribution is 6.76. The molecule has 4 heterocycles. The van der Waals surface area contributed by atoms with Crippen molar-refractivity contribution in [2.24, 2.45) is 0 Å². The summed E-state index contributed by atoms with van der Waals surface area (Å²) in [7, 11) is 0.357. The van der Waals surface area contributed by atoms with Crippen molar-refractivity contribution in [2.45, 2.75) is 58.2 Å². The second-order valence-electron chi connectivity index (χ2n) is 11.6. The normalized spacial score (nSPS) is 14.5. The number of hydrogen-bond donors (Lipinski definition) is 2. The number of carbonyl (C=O) groups excluding carboxylic acids is 1. The highest BCUT2D eigenvalue weighted by Crippen LogP contribution is 2.32. The first-order chi connectivity index (χ1) is 19.2. The van der Waals surface area contributed by atoms with Gasteiger partial charge in [0.1, 0.15) is 12.5 Å². The maximum Gasteiger partial charge on any atom is 0.291 e. The number of carbonyl (C=O) groups is 1. The van der Waals surface area contributed by atoms with Crippen LogP contribution >= 0.6 is 0 Å². The van der Waals surface area contributed by atoms with Crippen LogP contribution in [0, 0.1) is 6.92 Å². The fourth-order valence-corrected chi connectivity index (χ4v) is 5.61. The molecule has 0 unspecified atom stereocenters. The molecule has 0 bridgehead atoms. The summed E-state index contributed by atoms with van der Waals surface area (Å²) >= 11 is 0. The Morgan fingerprint density at radius 1 is 1.18 bits per heavy atom. The molecule has 0 atom stereocenters. The van der Waals surface area contributed by atoms with Crippen LogP contribution in [-0.4, -0.2) is 65.1 Å². The lowest BCUT2D eigenvalue weighted by atomic mass is 10.1. The molecule has 2 N–H and O–H groups in total. The molecule has 0 radical (unpaired) electrons. The summed E-state index contributed by atoms with van der Waals surface area (Å²) in [6.07, 6.45) is 7.74. The van der Waals surface area contributed by atoms with Crippen molar-refractivity contribution in [3.63, 3.8) is 0 Å². The SMILES string of the molecule is COc1cc2nn(C3CCNCC3)cc2cc1NC(=O)c1nc(-c2ccnc(C)c2)cn1COCC[Si](C)(C)C. The van der Waals surface area contributed by atoms with Crippen molar-refractivity contribution in [1.29, 1.82) is 0 Å². The highest BCUT2D eigenvalue weighted by atomic mass is 28.3. The van der Waals surface area contributed by atoms with E-state index >= 15 is 0 Å². The van der Waals surface area contributed by atoms with Crippen LogP contribution in [0.15, 0.2) is 42.9 Å². The maximum absolute atomic E-state index is 13.7. The third-order valence-corrected chi connectivity index (χ3v) is 8.88. The number of ether oxygens (including phenoxy) is 2. The van der Waals surface area contributed by atoms with E-state index in [0.29, 0.717) is 29.8 Å². The largest absolute Gasteiger partial charge is 0.494 e. The fraction of sp³-hybridized carbons (Fsp3) is 0.448. The van der Waals surface area contributed by atoms with Crippen LogP contribution in [0.5, 0.6) is 5.75 Å². The number of fused-ring (bicyclic) bond motifs is 1. The molecule has 1 aliphatic rings. The molecule has 5 rings (SSSR count). The molecular formula is C29H39N7O3Si. The molecule has 1 saturated heterocycles. The summed E-state index contributed by atoms with van der Waals surface area (Å²) < 4.78 is 15.5. The summed E-state index contributed by atoms with van der Waals surface area (Å²) in [6, 6.07) is 9.05. The first-order valence-corrected chi connectivity index (χ1v) is 17.6. The molecule has 10 nitrogen and oxygen atoms in total. The Bertz CT molecular complexity index is 1480. The van der Waals surface area contributed by atoms with Gasteiger partial charge in [0.25, 0.3) is 5.91 Å². The van der Waals surface area contributed by atoms with E-state index in [4.69, 9.17) is 19.6 Å². The third-order valence-electron chi connectivity index (χ3n) is 7.17. The number of piperidine rings is 1. The average Bonchev–Trinajstić information content (AvgIpc) is 3.55. The predicted octanol–water partition coefficient (Wildman–Crippen LogP) is 5.10. The molecule has 1 amide bonds. The first-order valence-electron chi connectivity index (χ1n) is 13.9. The van der Waals surface area contributed by atoms with Crippen molar-refractivity contribution in [3.8, 4) is 17.0 Å². The van der Waals surface area contributed by atoms with Gasteiger partial charge in [0.05, 0.1) is 30.0 Å². The van der Waals surface area contributed by atoms with Crippen LogP contribution in [0.4, 0.5) is 5.69 Å². The van der Waals surface area contributed by atoms with Gasteiger partial charge in [-0.2, -0.15) is 5.10 Å². The molecule has 1 aliphatic heterocycles. The van der Waals surface area contributed by atoms with Crippen LogP contribution in [-0.2, 0) is 11.5 Å². The first kappa shape index (κ1) is 28.0. The van der Waals surface area contributed by atoms with E-state index in [-0.39, 0.29) is 18.5 Å².